The number of fused-ring (bicyclic) bond motifs is 1. The van der Waals surface area contributed by atoms with Gasteiger partial charge in [0.1, 0.15) is 5.60 Å². The molecule has 5 nitrogen and oxygen atoms in total. The molecule has 3 rings (SSSR count). The van der Waals surface area contributed by atoms with Crippen molar-refractivity contribution in [2.24, 2.45) is 5.41 Å². The molecule has 138 valence electrons. The normalized spacial score (nSPS) is 31.9. The smallest absolute Gasteiger partial charge is 0.369 e. The molecule has 0 aromatic heterocycles. The zero-order valence-corrected chi connectivity index (χ0v) is 16.1. The summed E-state index contributed by atoms with van der Waals surface area (Å²) in [5, 5.41) is 3.35. The van der Waals surface area contributed by atoms with Crippen LogP contribution in [0.5, 0.6) is 0 Å². The third-order valence-electron chi connectivity index (χ3n) is 5.26. The average molecular weight is 340 g/mol. The standard InChI is InChI=1S/C13H21NO3.C6H13N/c1-11(2,3)17-10(16)13-6-7-14(13)9(15)12(4,5)8-13;1-2-4-6-7-5-3-1/h6-8H2,1-5H3;7H,1-6H2/p+1. The van der Waals surface area contributed by atoms with Crippen molar-refractivity contribution >= 4 is 11.9 Å². The lowest BCUT2D eigenvalue weighted by atomic mass is 9.79. The first-order valence-electron chi connectivity index (χ1n) is 9.44. The fourth-order valence-corrected chi connectivity index (χ4v) is 3.97. The van der Waals surface area contributed by atoms with Crippen molar-refractivity contribution in [3.05, 3.63) is 0 Å². The van der Waals surface area contributed by atoms with E-state index in [1.807, 2.05) is 34.6 Å². The summed E-state index contributed by atoms with van der Waals surface area (Å²) in [4.78, 5) is 25.2. The number of quaternary nitrogens is 1. The van der Waals surface area contributed by atoms with Crippen LogP contribution in [0, 0.1) is 5.41 Å². The minimum absolute atomic E-state index is 0.162. The van der Waals surface area contributed by atoms with Gasteiger partial charge in [-0.2, -0.15) is 0 Å². The number of amides is 1. The van der Waals surface area contributed by atoms with Crippen LogP contribution in [0.25, 0.3) is 0 Å². The Morgan fingerprint density at radius 1 is 1.12 bits per heavy atom. The summed E-state index contributed by atoms with van der Waals surface area (Å²) in [5.74, 6) is -0.0419. The molecule has 2 unspecified atom stereocenters. The highest BCUT2D eigenvalue weighted by Crippen LogP contribution is 2.38. The highest BCUT2D eigenvalue weighted by atomic mass is 16.6. The molecule has 3 fully saturated rings. The first-order chi connectivity index (χ1) is 11.1. The zero-order valence-electron chi connectivity index (χ0n) is 16.1. The highest BCUT2D eigenvalue weighted by Gasteiger charge is 2.70. The van der Waals surface area contributed by atoms with E-state index in [9.17, 15) is 9.59 Å². The van der Waals surface area contributed by atoms with E-state index in [1.54, 1.807) is 0 Å². The molecule has 0 saturated carbocycles. The molecule has 2 N–H and O–H groups in total. The summed E-state index contributed by atoms with van der Waals surface area (Å²) in [7, 11) is 0. The number of hydrogen-bond donors (Lipinski definition) is 2. The Labute approximate surface area is 146 Å². The molecule has 0 spiro atoms. The summed E-state index contributed by atoms with van der Waals surface area (Å²) < 4.78 is 5.48. The van der Waals surface area contributed by atoms with Crippen LogP contribution in [-0.2, 0) is 14.3 Å². The van der Waals surface area contributed by atoms with Crippen LogP contribution in [0.3, 0.4) is 0 Å². The molecule has 3 saturated heterocycles. The number of hydrogen-bond acceptors (Lipinski definition) is 4. The molecule has 0 aromatic rings. The van der Waals surface area contributed by atoms with Gasteiger partial charge in [-0.3, -0.25) is 4.90 Å². The number of ether oxygens (including phenoxy) is 1. The van der Waals surface area contributed by atoms with Crippen LogP contribution in [-0.4, -0.2) is 42.7 Å². The molecule has 0 aliphatic carbocycles. The van der Waals surface area contributed by atoms with Gasteiger partial charge in [-0.25, -0.2) is 9.59 Å². The van der Waals surface area contributed by atoms with Crippen LogP contribution < -0.4 is 10.2 Å². The summed E-state index contributed by atoms with van der Waals surface area (Å²) >= 11 is 0. The van der Waals surface area contributed by atoms with Gasteiger partial charge in [0.05, 0.1) is 18.4 Å². The molecule has 1 amide bonds. The van der Waals surface area contributed by atoms with E-state index in [1.165, 1.54) is 38.8 Å². The second-order valence-electron chi connectivity index (χ2n) is 9.12. The maximum Gasteiger partial charge on any atom is 0.369 e. The quantitative estimate of drug-likeness (QED) is 0.710. The largest absolute Gasteiger partial charge is 0.455 e. The molecule has 3 aliphatic rings. The lowest BCUT2D eigenvalue weighted by molar-refractivity contribution is -0.905. The first-order valence-corrected chi connectivity index (χ1v) is 9.44. The van der Waals surface area contributed by atoms with Gasteiger partial charge in [-0.15, -0.1) is 0 Å². The van der Waals surface area contributed by atoms with Gasteiger partial charge in [-0.1, -0.05) is 12.8 Å². The Hall–Kier alpha value is -0.940. The summed E-state index contributed by atoms with van der Waals surface area (Å²) in [6.07, 6.45) is 7.04. The highest BCUT2D eigenvalue weighted by molar-refractivity contribution is 5.88. The van der Waals surface area contributed by atoms with Gasteiger partial charge in [0.15, 0.2) is 0 Å². The Kier molecular flexibility index (Phi) is 5.75. The van der Waals surface area contributed by atoms with Gasteiger partial charge in [0.25, 0.3) is 0 Å². The number of carbonyl (C=O) groups excluding carboxylic acids is 2. The molecule has 2 atom stereocenters. The molecule has 24 heavy (non-hydrogen) atoms. The van der Waals surface area contributed by atoms with Crippen molar-refractivity contribution < 1.29 is 19.2 Å². The van der Waals surface area contributed by atoms with E-state index in [2.05, 4.69) is 5.32 Å². The van der Waals surface area contributed by atoms with Gasteiger partial charge < -0.3 is 10.1 Å². The van der Waals surface area contributed by atoms with Crippen molar-refractivity contribution in [2.45, 2.75) is 84.3 Å². The SMILES string of the molecule is C1CCCNCC1.CC(C)(C)OC(=O)C12CC[NH+]1C(=O)C(C)(C)C2. The Morgan fingerprint density at radius 3 is 2.12 bits per heavy atom. The van der Waals surface area contributed by atoms with Gasteiger partial charge in [-0.05, 0) is 60.5 Å². The monoisotopic (exact) mass is 339 g/mol. The van der Waals surface area contributed by atoms with E-state index in [0.29, 0.717) is 6.42 Å². The van der Waals surface area contributed by atoms with Crippen LogP contribution in [0.15, 0.2) is 0 Å². The molecule has 0 bridgehead atoms. The minimum atomic E-state index is -0.589. The van der Waals surface area contributed by atoms with Crippen molar-refractivity contribution in [2.75, 3.05) is 19.6 Å². The number of carbonyl (C=O) groups is 2. The van der Waals surface area contributed by atoms with E-state index in [-0.39, 0.29) is 11.9 Å². The van der Waals surface area contributed by atoms with Crippen molar-refractivity contribution in [1.82, 2.24) is 5.32 Å². The number of nitrogens with one attached hydrogen (secondary N) is 2. The predicted molar refractivity (Wildman–Crippen MR) is 93.8 cm³/mol. The molecular formula is C19H35N2O3+. The topological polar surface area (TPSA) is 59.8 Å². The summed E-state index contributed by atoms with van der Waals surface area (Å²) in [6, 6.07) is 0. The second kappa shape index (κ2) is 7.12. The zero-order chi connectivity index (χ0) is 18.0. The van der Waals surface area contributed by atoms with E-state index in [0.717, 1.165) is 17.9 Å². The van der Waals surface area contributed by atoms with E-state index >= 15 is 0 Å². The Morgan fingerprint density at radius 2 is 1.71 bits per heavy atom. The number of esters is 1. The van der Waals surface area contributed by atoms with Crippen LogP contribution in [0.2, 0.25) is 0 Å². The molecule has 5 heteroatoms. The fraction of sp³-hybridized carbons (Fsp3) is 0.895. The summed E-state index contributed by atoms with van der Waals surface area (Å²) in [6.45, 7) is 12.7. The van der Waals surface area contributed by atoms with Crippen molar-refractivity contribution in [1.29, 1.82) is 0 Å². The Balaban J connectivity index is 0.000000249. The Bertz CT molecular complexity index is 462. The maximum absolute atomic E-state index is 12.3. The van der Waals surface area contributed by atoms with E-state index in [4.69, 9.17) is 4.74 Å². The second-order valence-corrected chi connectivity index (χ2v) is 9.12. The van der Waals surface area contributed by atoms with Crippen molar-refractivity contribution in [3.8, 4) is 0 Å². The molecule has 0 radical (unpaired) electrons. The molecule has 3 aliphatic heterocycles. The van der Waals surface area contributed by atoms with Crippen molar-refractivity contribution in [3.63, 3.8) is 0 Å². The first kappa shape index (κ1) is 19.4. The minimum Gasteiger partial charge on any atom is -0.455 e. The maximum atomic E-state index is 12.3. The van der Waals surface area contributed by atoms with E-state index < -0.39 is 16.6 Å². The summed E-state index contributed by atoms with van der Waals surface area (Å²) in [5.41, 5.74) is -1.47. The van der Waals surface area contributed by atoms with Gasteiger partial charge in [0.2, 0.25) is 5.54 Å². The third kappa shape index (κ3) is 4.17. The van der Waals surface area contributed by atoms with Crippen LogP contribution in [0.4, 0.5) is 0 Å². The van der Waals surface area contributed by atoms with Gasteiger partial charge >= 0.3 is 11.9 Å². The molecular weight excluding hydrogens is 304 g/mol. The lowest BCUT2D eigenvalue weighted by Crippen LogP contribution is -3.28. The molecule has 0 aromatic carbocycles. The predicted octanol–water partition coefficient (Wildman–Crippen LogP) is 1.46. The fourth-order valence-electron chi connectivity index (χ4n) is 3.97. The third-order valence-corrected chi connectivity index (χ3v) is 5.26. The number of rotatable bonds is 1. The van der Waals surface area contributed by atoms with Crippen LogP contribution in [0.1, 0.15) is 73.1 Å². The average Bonchev–Trinajstić information content (AvgIpc) is 2.69. The molecule has 3 heterocycles. The van der Waals surface area contributed by atoms with Gasteiger partial charge in [0, 0.05) is 6.42 Å². The van der Waals surface area contributed by atoms with Crippen LogP contribution >= 0.6 is 0 Å². The lowest BCUT2D eigenvalue weighted by Gasteiger charge is -2.40.